The number of hydrogen-bond donors (Lipinski definition) is 0. The van der Waals surface area contributed by atoms with Crippen LogP contribution in [0.3, 0.4) is 0 Å². The molecule has 1 saturated heterocycles. The van der Waals surface area contributed by atoms with Crippen LogP contribution in [0.2, 0.25) is 0 Å². The van der Waals surface area contributed by atoms with Crippen molar-refractivity contribution in [3.63, 3.8) is 0 Å². The SMILES string of the molecule is COc1ccccc1Cc1cccc([C@H]2CCCN2S(=O)(=O)c2cn(C)cn2)n1. The van der Waals surface area contributed by atoms with Crippen LogP contribution in [0, 0.1) is 0 Å². The van der Waals surface area contributed by atoms with Crippen LogP contribution in [0.15, 0.2) is 60.0 Å². The van der Waals surface area contributed by atoms with E-state index in [0.29, 0.717) is 13.0 Å². The number of nitrogens with zero attached hydrogens (tertiary/aromatic N) is 4. The Hall–Kier alpha value is -2.71. The van der Waals surface area contributed by atoms with E-state index in [1.54, 1.807) is 18.7 Å². The molecule has 3 aromatic rings. The molecule has 0 saturated carbocycles. The number of para-hydroxylation sites is 1. The Morgan fingerprint density at radius 3 is 2.76 bits per heavy atom. The van der Waals surface area contributed by atoms with Crippen molar-refractivity contribution in [2.75, 3.05) is 13.7 Å². The molecule has 152 valence electrons. The molecule has 0 unspecified atom stereocenters. The van der Waals surface area contributed by atoms with E-state index >= 15 is 0 Å². The van der Waals surface area contributed by atoms with Gasteiger partial charge in [0.15, 0.2) is 5.03 Å². The third-order valence-corrected chi connectivity index (χ3v) is 6.99. The van der Waals surface area contributed by atoms with Gasteiger partial charge < -0.3 is 9.30 Å². The fourth-order valence-electron chi connectivity index (χ4n) is 3.79. The lowest BCUT2D eigenvalue weighted by molar-refractivity contribution is 0.388. The second kappa shape index (κ2) is 7.96. The molecule has 1 aromatic carbocycles. The highest BCUT2D eigenvalue weighted by atomic mass is 32.2. The number of aromatic nitrogens is 3. The van der Waals surface area contributed by atoms with E-state index in [1.807, 2.05) is 42.5 Å². The van der Waals surface area contributed by atoms with Crippen molar-refractivity contribution in [1.29, 1.82) is 0 Å². The van der Waals surface area contributed by atoms with Crippen LogP contribution in [-0.2, 0) is 23.5 Å². The molecular formula is C21H24N4O3S. The molecule has 1 atom stereocenters. The lowest BCUT2D eigenvalue weighted by Gasteiger charge is -2.23. The third-order valence-electron chi connectivity index (χ3n) is 5.19. The summed E-state index contributed by atoms with van der Waals surface area (Å²) in [5, 5.41) is 0.0806. The van der Waals surface area contributed by atoms with E-state index in [1.165, 1.54) is 16.8 Å². The van der Waals surface area contributed by atoms with Crippen LogP contribution < -0.4 is 4.74 Å². The van der Waals surface area contributed by atoms with Crippen molar-refractivity contribution in [2.24, 2.45) is 7.05 Å². The zero-order valence-electron chi connectivity index (χ0n) is 16.5. The van der Waals surface area contributed by atoms with Crippen molar-refractivity contribution in [3.05, 3.63) is 71.9 Å². The van der Waals surface area contributed by atoms with E-state index in [2.05, 4.69) is 4.98 Å². The molecule has 4 rings (SSSR count). The maximum atomic E-state index is 13.1. The quantitative estimate of drug-likeness (QED) is 0.622. The molecule has 29 heavy (non-hydrogen) atoms. The lowest BCUT2D eigenvalue weighted by Crippen LogP contribution is -2.31. The fraction of sp³-hybridized carbons (Fsp3) is 0.333. The Labute approximate surface area is 171 Å². The van der Waals surface area contributed by atoms with Gasteiger partial charge >= 0.3 is 0 Å². The first-order valence-electron chi connectivity index (χ1n) is 9.56. The van der Waals surface area contributed by atoms with Gasteiger partial charge in [0.1, 0.15) is 5.75 Å². The summed E-state index contributed by atoms with van der Waals surface area (Å²) < 4.78 is 34.8. The molecule has 0 bridgehead atoms. The maximum Gasteiger partial charge on any atom is 0.262 e. The number of methoxy groups -OCH3 is 1. The summed E-state index contributed by atoms with van der Waals surface area (Å²) in [6.07, 6.45) is 5.21. The first kappa shape index (κ1) is 19.6. The van der Waals surface area contributed by atoms with Gasteiger partial charge in [0, 0.05) is 37.5 Å². The summed E-state index contributed by atoms with van der Waals surface area (Å²) in [7, 11) is -0.242. The fourth-order valence-corrected chi connectivity index (χ4v) is 5.43. The summed E-state index contributed by atoms with van der Waals surface area (Å²) in [4.78, 5) is 8.85. The minimum absolute atomic E-state index is 0.0806. The molecule has 8 heteroatoms. The topological polar surface area (TPSA) is 77.3 Å². The summed E-state index contributed by atoms with van der Waals surface area (Å²) in [6, 6.07) is 13.4. The number of pyridine rings is 1. The summed E-state index contributed by atoms with van der Waals surface area (Å²) in [6.45, 7) is 0.474. The molecule has 1 aliphatic heterocycles. The Morgan fingerprint density at radius 1 is 1.17 bits per heavy atom. The average Bonchev–Trinajstić information content (AvgIpc) is 3.38. The van der Waals surface area contributed by atoms with E-state index in [4.69, 9.17) is 9.72 Å². The Balaban J connectivity index is 1.62. The first-order chi connectivity index (χ1) is 14.0. The smallest absolute Gasteiger partial charge is 0.262 e. The highest BCUT2D eigenvalue weighted by Gasteiger charge is 2.38. The number of sulfonamides is 1. The van der Waals surface area contributed by atoms with E-state index in [0.717, 1.165) is 35.5 Å². The van der Waals surface area contributed by atoms with Gasteiger partial charge in [-0.25, -0.2) is 13.4 Å². The second-order valence-corrected chi connectivity index (χ2v) is 9.03. The highest BCUT2D eigenvalue weighted by Crippen LogP contribution is 2.35. The van der Waals surface area contributed by atoms with Gasteiger partial charge in [-0.1, -0.05) is 24.3 Å². The van der Waals surface area contributed by atoms with Gasteiger partial charge in [0.05, 0.1) is 25.2 Å². The monoisotopic (exact) mass is 412 g/mol. The van der Waals surface area contributed by atoms with Gasteiger partial charge in [-0.15, -0.1) is 0 Å². The maximum absolute atomic E-state index is 13.1. The molecule has 0 radical (unpaired) electrons. The molecular weight excluding hydrogens is 388 g/mol. The molecule has 0 N–H and O–H groups in total. The molecule has 0 spiro atoms. The molecule has 3 heterocycles. The van der Waals surface area contributed by atoms with Crippen LogP contribution in [-0.4, -0.2) is 40.9 Å². The Kier molecular flexibility index (Phi) is 5.38. The van der Waals surface area contributed by atoms with E-state index in [9.17, 15) is 8.42 Å². The van der Waals surface area contributed by atoms with Gasteiger partial charge in [0.2, 0.25) is 0 Å². The highest BCUT2D eigenvalue weighted by molar-refractivity contribution is 7.89. The third kappa shape index (κ3) is 3.90. The van der Waals surface area contributed by atoms with Crippen LogP contribution in [0.1, 0.15) is 35.8 Å². The van der Waals surface area contributed by atoms with Crippen molar-refractivity contribution >= 4 is 10.0 Å². The van der Waals surface area contributed by atoms with Crippen LogP contribution in [0.5, 0.6) is 5.75 Å². The summed E-state index contributed by atoms with van der Waals surface area (Å²) in [5.41, 5.74) is 2.70. The largest absolute Gasteiger partial charge is 0.496 e. The van der Waals surface area contributed by atoms with Gasteiger partial charge in [0.25, 0.3) is 10.0 Å². The molecule has 0 aliphatic carbocycles. The lowest BCUT2D eigenvalue weighted by atomic mass is 10.1. The van der Waals surface area contributed by atoms with Crippen LogP contribution in [0.25, 0.3) is 0 Å². The van der Waals surface area contributed by atoms with Crippen molar-refractivity contribution in [1.82, 2.24) is 18.8 Å². The van der Waals surface area contributed by atoms with Gasteiger partial charge in [-0.2, -0.15) is 4.31 Å². The van der Waals surface area contributed by atoms with Crippen LogP contribution in [0.4, 0.5) is 0 Å². The predicted octanol–water partition coefficient (Wildman–Crippen LogP) is 2.94. The van der Waals surface area contributed by atoms with Crippen LogP contribution >= 0.6 is 0 Å². The number of benzene rings is 1. The predicted molar refractivity (Wildman–Crippen MR) is 109 cm³/mol. The Morgan fingerprint density at radius 2 is 2.00 bits per heavy atom. The number of imidazole rings is 1. The standard InChI is InChI=1S/C21H24N4O3S/c1-24-14-21(22-15-24)29(26,27)25-12-6-10-19(25)18-9-5-8-17(23-18)13-16-7-3-4-11-20(16)28-2/h3-5,7-9,11,14-15,19H,6,10,12-13H2,1-2H3/t19-/m1/s1. The van der Waals surface area contributed by atoms with Crippen molar-refractivity contribution in [2.45, 2.75) is 30.3 Å². The normalized spacial score (nSPS) is 17.5. The number of hydrogen-bond acceptors (Lipinski definition) is 5. The second-order valence-electron chi connectivity index (χ2n) is 7.19. The zero-order chi connectivity index (χ0) is 20.4. The molecule has 7 nitrogen and oxygen atoms in total. The Bertz CT molecular complexity index is 1110. The van der Waals surface area contributed by atoms with Gasteiger partial charge in [-0.3, -0.25) is 4.98 Å². The average molecular weight is 413 g/mol. The number of rotatable bonds is 6. The van der Waals surface area contributed by atoms with Crippen molar-refractivity contribution < 1.29 is 13.2 Å². The molecule has 2 aromatic heterocycles. The summed E-state index contributed by atoms with van der Waals surface area (Å²) >= 11 is 0. The van der Waals surface area contributed by atoms with Gasteiger partial charge in [-0.05, 0) is 31.0 Å². The number of ether oxygens (including phenoxy) is 1. The molecule has 0 amide bonds. The minimum atomic E-state index is -3.66. The zero-order valence-corrected chi connectivity index (χ0v) is 17.3. The molecule has 1 aliphatic rings. The van der Waals surface area contributed by atoms with Crippen molar-refractivity contribution in [3.8, 4) is 5.75 Å². The molecule has 1 fully saturated rings. The van der Waals surface area contributed by atoms with E-state index < -0.39 is 10.0 Å². The first-order valence-corrected chi connectivity index (χ1v) is 11.0. The van der Waals surface area contributed by atoms with E-state index in [-0.39, 0.29) is 11.1 Å². The number of aryl methyl sites for hydroxylation is 1. The minimum Gasteiger partial charge on any atom is -0.496 e. The summed E-state index contributed by atoms with van der Waals surface area (Å²) in [5.74, 6) is 0.819.